The summed E-state index contributed by atoms with van der Waals surface area (Å²) in [6, 6.07) is 13.6. The molecule has 0 saturated heterocycles. The maximum absolute atomic E-state index is 6.08. The normalized spacial score (nSPS) is 12.2. The molecule has 1 unspecified atom stereocenters. The molecule has 0 amide bonds. The molecule has 0 heterocycles. The second-order valence-electron chi connectivity index (χ2n) is 4.43. The highest BCUT2D eigenvalue weighted by atomic mass is 35.5. The van der Waals surface area contributed by atoms with E-state index in [1.807, 2.05) is 44.3 Å². The molecular formula is C16H17Cl2NO. The van der Waals surface area contributed by atoms with Crippen molar-refractivity contribution in [3.8, 4) is 5.75 Å². The average Bonchev–Trinajstić information content (AvgIpc) is 2.39. The van der Waals surface area contributed by atoms with E-state index in [9.17, 15) is 0 Å². The number of rotatable bonds is 5. The zero-order valence-electron chi connectivity index (χ0n) is 11.5. The van der Waals surface area contributed by atoms with Crippen LogP contribution in [0.25, 0.3) is 0 Å². The van der Waals surface area contributed by atoms with Crippen molar-refractivity contribution in [1.29, 1.82) is 0 Å². The summed E-state index contributed by atoms with van der Waals surface area (Å²) in [4.78, 5) is 0. The molecule has 1 atom stereocenters. The molecule has 0 fully saturated rings. The Morgan fingerprint density at radius 1 is 1.05 bits per heavy atom. The second-order valence-corrected chi connectivity index (χ2v) is 5.30. The van der Waals surface area contributed by atoms with Gasteiger partial charge in [0.15, 0.2) is 0 Å². The first kappa shape index (κ1) is 15.2. The van der Waals surface area contributed by atoms with Crippen LogP contribution in [0.2, 0.25) is 10.0 Å². The van der Waals surface area contributed by atoms with Gasteiger partial charge in [0.2, 0.25) is 0 Å². The van der Waals surface area contributed by atoms with Crippen molar-refractivity contribution in [1.82, 2.24) is 5.32 Å². The van der Waals surface area contributed by atoms with Gasteiger partial charge in [-0.25, -0.2) is 0 Å². The first-order chi connectivity index (χ1) is 9.63. The Morgan fingerprint density at radius 2 is 1.75 bits per heavy atom. The fourth-order valence-electron chi connectivity index (χ4n) is 2.22. The van der Waals surface area contributed by atoms with Crippen LogP contribution in [-0.2, 0) is 0 Å². The van der Waals surface area contributed by atoms with Crippen molar-refractivity contribution in [2.75, 3.05) is 13.7 Å². The monoisotopic (exact) mass is 309 g/mol. The van der Waals surface area contributed by atoms with Crippen LogP contribution in [-0.4, -0.2) is 13.7 Å². The highest BCUT2D eigenvalue weighted by Gasteiger charge is 2.14. The summed E-state index contributed by atoms with van der Waals surface area (Å²) in [6.07, 6.45) is 0. The van der Waals surface area contributed by atoms with Crippen LogP contribution in [0.5, 0.6) is 5.75 Å². The predicted molar refractivity (Wildman–Crippen MR) is 85.0 cm³/mol. The van der Waals surface area contributed by atoms with E-state index in [-0.39, 0.29) is 6.04 Å². The minimum absolute atomic E-state index is 0.0200. The van der Waals surface area contributed by atoms with Crippen LogP contribution in [0.3, 0.4) is 0 Å². The molecule has 2 rings (SSSR count). The summed E-state index contributed by atoms with van der Waals surface area (Å²) in [6.45, 7) is 2.62. The van der Waals surface area contributed by atoms with Crippen LogP contribution in [0.4, 0.5) is 0 Å². The van der Waals surface area contributed by atoms with Gasteiger partial charge in [0, 0.05) is 10.0 Å². The number of benzene rings is 2. The molecule has 0 bridgehead atoms. The molecule has 0 aliphatic heterocycles. The zero-order valence-corrected chi connectivity index (χ0v) is 13.0. The second kappa shape index (κ2) is 6.98. The number of hydrogen-bond donors (Lipinski definition) is 1. The van der Waals surface area contributed by atoms with Crippen molar-refractivity contribution in [2.24, 2.45) is 0 Å². The summed E-state index contributed by atoms with van der Waals surface area (Å²) in [5.74, 6) is 0.860. The van der Waals surface area contributed by atoms with E-state index < -0.39 is 0 Å². The molecule has 4 heteroatoms. The van der Waals surface area contributed by atoms with Gasteiger partial charge in [0.1, 0.15) is 5.75 Å². The Labute approximate surface area is 129 Å². The van der Waals surface area contributed by atoms with Gasteiger partial charge >= 0.3 is 0 Å². The van der Waals surface area contributed by atoms with Gasteiger partial charge in [-0.2, -0.15) is 0 Å². The lowest BCUT2D eigenvalue weighted by atomic mass is 9.99. The summed E-state index contributed by atoms with van der Waals surface area (Å²) in [5, 5.41) is 4.55. The van der Waals surface area contributed by atoms with Gasteiger partial charge in [-0.1, -0.05) is 35.3 Å². The molecule has 2 aromatic rings. The Kier molecular flexibility index (Phi) is 5.30. The Morgan fingerprint density at radius 3 is 2.35 bits per heavy atom. The van der Waals surface area contributed by atoms with Crippen LogP contribution < -0.4 is 10.1 Å². The fourth-order valence-corrected chi connectivity index (χ4v) is 2.76. The molecule has 0 spiro atoms. The van der Waals surface area contributed by atoms with E-state index in [1.165, 1.54) is 0 Å². The smallest absolute Gasteiger partial charge is 0.119 e. The van der Waals surface area contributed by atoms with E-state index >= 15 is 0 Å². The number of halogens is 2. The van der Waals surface area contributed by atoms with E-state index in [0.717, 1.165) is 16.9 Å². The zero-order chi connectivity index (χ0) is 14.5. The summed E-state index contributed by atoms with van der Waals surface area (Å²) in [7, 11) is 1.91. The van der Waals surface area contributed by atoms with Crippen LogP contribution in [0, 0.1) is 0 Å². The maximum Gasteiger partial charge on any atom is 0.119 e. The third-order valence-electron chi connectivity index (χ3n) is 3.01. The lowest BCUT2D eigenvalue weighted by Crippen LogP contribution is -2.17. The highest BCUT2D eigenvalue weighted by molar-refractivity contribution is 6.34. The molecule has 20 heavy (non-hydrogen) atoms. The van der Waals surface area contributed by atoms with E-state index in [1.54, 1.807) is 6.07 Å². The van der Waals surface area contributed by atoms with Gasteiger partial charge in [0.25, 0.3) is 0 Å². The first-order valence-electron chi connectivity index (χ1n) is 6.50. The van der Waals surface area contributed by atoms with Gasteiger partial charge in [-0.3, -0.25) is 0 Å². The van der Waals surface area contributed by atoms with Crippen molar-refractivity contribution in [3.05, 3.63) is 63.6 Å². The van der Waals surface area contributed by atoms with Crippen molar-refractivity contribution in [3.63, 3.8) is 0 Å². The van der Waals surface area contributed by atoms with E-state index in [2.05, 4.69) is 11.4 Å². The average molecular weight is 310 g/mol. The van der Waals surface area contributed by atoms with Crippen LogP contribution in [0.15, 0.2) is 42.5 Å². The van der Waals surface area contributed by atoms with Crippen molar-refractivity contribution in [2.45, 2.75) is 13.0 Å². The minimum Gasteiger partial charge on any atom is -0.494 e. The summed E-state index contributed by atoms with van der Waals surface area (Å²) >= 11 is 12.2. The van der Waals surface area contributed by atoms with E-state index in [0.29, 0.717) is 16.7 Å². The molecule has 106 valence electrons. The molecule has 0 aliphatic rings. The lowest BCUT2D eigenvalue weighted by Gasteiger charge is -2.18. The molecule has 2 nitrogen and oxygen atoms in total. The SMILES string of the molecule is CCOc1cccc(C(NC)c2cc(Cl)cc(Cl)c2)c1. The molecular weight excluding hydrogens is 293 g/mol. The molecule has 1 N–H and O–H groups in total. The largest absolute Gasteiger partial charge is 0.494 e. The number of nitrogens with one attached hydrogen (secondary N) is 1. The Bertz CT molecular complexity index is 566. The van der Waals surface area contributed by atoms with Gasteiger partial charge in [0.05, 0.1) is 12.6 Å². The van der Waals surface area contributed by atoms with Crippen LogP contribution in [0.1, 0.15) is 24.1 Å². The maximum atomic E-state index is 6.08. The fraction of sp³-hybridized carbons (Fsp3) is 0.250. The predicted octanol–water partition coefficient (Wildman–Crippen LogP) is 4.70. The first-order valence-corrected chi connectivity index (χ1v) is 7.25. The standard InChI is InChI=1S/C16H17Cl2NO/c1-3-20-15-6-4-5-11(9-15)16(19-2)12-7-13(17)10-14(18)8-12/h4-10,16,19H,3H2,1-2H3. The van der Waals surface area contributed by atoms with Crippen LogP contribution >= 0.6 is 23.2 Å². The quantitative estimate of drug-likeness (QED) is 0.864. The van der Waals surface area contributed by atoms with Gasteiger partial charge < -0.3 is 10.1 Å². The highest BCUT2D eigenvalue weighted by Crippen LogP contribution is 2.29. The topological polar surface area (TPSA) is 21.3 Å². The number of hydrogen-bond acceptors (Lipinski definition) is 2. The Balaban J connectivity index is 2.38. The molecule has 2 aromatic carbocycles. The molecule has 0 aliphatic carbocycles. The summed E-state index contributed by atoms with van der Waals surface area (Å²) < 4.78 is 5.54. The van der Waals surface area contributed by atoms with Crippen molar-refractivity contribution < 1.29 is 4.74 Å². The number of ether oxygens (including phenoxy) is 1. The molecule has 0 aromatic heterocycles. The molecule has 0 saturated carbocycles. The third-order valence-corrected chi connectivity index (χ3v) is 3.45. The Hall–Kier alpha value is -1.22. The van der Waals surface area contributed by atoms with Gasteiger partial charge in [-0.05, 0) is 55.4 Å². The lowest BCUT2D eigenvalue weighted by molar-refractivity contribution is 0.339. The van der Waals surface area contributed by atoms with Gasteiger partial charge in [-0.15, -0.1) is 0 Å². The molecule has 0 radical (unpaired) electrons. The van der Waals surface area contributed by atoms with E-state index in [4.69, 9.17) is 27.9 Å². The third kappa shape index (κ3) is 3.66. The minimum atomic E-state index is 0.0200. The van der Waals surface area contributed by atoms with Crippen molar-refractivity contribution >= 4 is 23.2 Å². The summed E-state index contributed by atoms with van der Waals surface area (Å²) in [5.41, 5.74) is 2.13.